The lowest BCUT2D eigenvalue weighted by Gasteiger charge is -2.05. The van der Waals surface area contributed by atoms with E-state index in [4.69, 9.17) is 14.2 Å². The summed E-state index contributed by atoms with van der Waals surface area (Å²) in [5.41, 5.74) is 1.13. The molecule has 0 aliphatic carbocycles. The number of nitrogens with zero attached hydrogens (tertiary/aromatic N) is 1. The number of aromatic nitrogens is 2. The summed E-state index contributed by atoms with van der Waals surface area (Å²) in [6, 6.07) is 6.82. The number of aromatic amines is 1. The maximum atomic E-state index is 11.6. The third-order valence-corrected chi connectivity index (χ3v) is 2.73. The molecule has 1 aromatic carbocycles. The zero-order valence-corrected chi connectivity index (χ0v) is 10.3. The van der Waals surface area contributed by atoms with Crippen molar-refractivity contribution in [2.24, 2.45) is 0 Å². The number of fused-ring (bicyclic) bond motifs is 1. The monoisotopic (exact) mass is 260 g/mol. The molecule has 1 aliphatic heterocycles. The third-order valence-electron chi connectivity index (χ3n) is 2.73. The van der Waals surface area contributed by atoms with Gasteiger partial charge in [-0.3, -0.25) is 4.79 Å². The molecule has 0 saturated heterocycles. The van der Waals surface area contributed by atoms with E-state index in [0.29, 0.717) is 29.6 Å². The molecule has 19 heavy (non-hydrogen) atoms. The largest absolute Gasteiger partial charge is 0.454 e. The predicted molar refractivity (Wildman–Crippen MR) is 67.1 cm³/mol. The van der Waals surface area contributed by atoms with Crippen LogP contribution in [0.1, 0.15) is 5.69 Å². The molecule has 0 unspecified atom stereocenters. The van der Waals surface area contributed by atoms with Crippen molar-refractivity contribution in [1.29, 1.82) is 0 Å². The first-order chi connectivity index (χ1) is 9.26. The zero-order valence-electron chi connectivity index (χ0n) is 10.3. The second-order valence-electron chi connectivity index (χ2n) is 4.09. The predicted octanol–water partition coefficient (Wildman–Crippen LogP) is 1.31. The van der Waals surface area contributed by atoms with Gasteiger partial charge in [-0.1, -0.05) is 0 Å². The minimum Gasteiger partial charge on any atom is -0.454 e. The lowest BCUT2D eigenvalue weighted by atomic mass is 10.2. The van der Waals surface area contributed by atoms with Crippen LogP contribution in [0.2, 0.25) is 0 Å². The van der Waals surface area contributed by atoms with Gasteiger partial charge in [0.1, 0.15) is 5.82 Å². The van der Waals surface area contributed by atoms with Gasteiger partial charge in [-0.15, -0.1) is 0 Å². The SMILES string of the molecule is COCc1cc(=O)[nH]c(-c2ccc3c(c2)OCO3)n1. The highest BCUT2D eigenvalue weighted by Gasteiger charge is 2.15. The van der Waals surface area contributed by atoms with Crippen molar-refractivity contribution in [3.63, 3.8) is 0 Å². The standard InChI is InChI=1S/C13H12N2O4/c1-17-6-9-5-12(16)15-13(14-9)8-2-3-10-11(4-8)19-7-18-10/h2-5H,6-7H2,1H3,(H,14,15,16). The Hall–Kier alpha value is -2.34. The molecule has 0 radical (unpaired) electrons. The van der Waals surface area contributed by atoms with Crippen LogP contribution in [0, 0.1) is 0 Å². The van der Waals surface area contributed by atoms with Crippen LogP contribution in [0.25, 0.3) is 11.4 Å². The van der Waals surface area contributed by atoms with Gasteiger partial charge in [0.2, 0.25) is 6.79 Å². The van der Waals surface area contributed by atoms with Gasteiger partial charge in [-0.2, -0.15) is 0 Å². The summed E-state index contributed by atoms with van der Waals surface area (Å²) in [6.07, 6.45) is 0. The number of benzene rings is 1. The third kappa shape index (κ3) is 2.30. The molecular weight excluding hydrogens is 248 g/mol. The van der Waals surface area contributed by atoms with E-state index in [1.54, 1.807) is 19.2 Å². The summed E-state index contributed by atoms with van der Waals surface area (Å²) in [5, 5.41) is 0. The zero-order chi connectivity index (χ0) is 13.2. The first kappa shape index (κ1) is 11.7. The smallest absolute Gasteiger partial charge is 0.251 e. The van der Waals surface area contributed by atoms with E-state index >= 15 is 0 Å². The Morgan fingerprint density at radius 3 is 3.00 bits per heavy atom. The fourth-order valence-electron chi connectivity index (χ4n) is 1.91. The van der Waals surface area contributed by atoms with E-state index in [1.165, 1.54) is 6.07 Å². The molecule has 6 heteroatoms. The van der Waals surface area contributed by atoms with Crippen LogP contribution in [0.5, 0.6) is 11.5 Å². The first-order valence-corrected chi connectivity index (χ1v) is 5.75. The molecule has 2 aromatic rings. The summed E-state index contributed by atoms with van der Waals surface area (Å²) in [7, 11) is 1.56. The Labute approximate surface area is 109 Å². The molecule has 0 amide bonds. The molecule has 98 valence electrons. The van der Waals surface area contributed by atoms with Gasteiger partial charge >= 0.3 is 0 Å². The number of hydrogen-bond donors (Lipinski definition) is 1. The van der Waals surface area contributed by atoms with Crippen LogP contribution >= 0.6 is 0 Å². The molecule has 1 aromatic heterocycles. The summed E-state index contributed by atoms with van der Waals surface area (Å²) < 4.78 is 15.5. The lowest BCUT2D eigenvalue weighted by Crippen LogP contribution is -2.10. The van der Waals surface area contributed by atoms with Crippen molar-refractivity contribution in [2.75, 3.05) is 13.9 Å². The molecule has 0 spiro atoms. The quantitative estimate of drug-likeness (QED) is 0.900. The minimum absolute atomic E-state index is 0.213. The van der Waals surface area contributed by atoms with Crippen molar-refractivity contribution >= 4 is 0 Å². The van der Waals surface area contributed by atoms with Gasteiger partial charge in [-0.25, -0.2) is 4.98 Å². The number of methoxy groups -OCH3 is 1. The minimum atomic E-state index is -0.213. The molecule has 1 N–H and O–H groups in total. The second kappa shape index (κ2) is 4.74. The van der Waals surface area contributed by atoms with Gasteiger partial charge in [-0.05, 0) is 18.2 Å². The van der Waals surface area contributed by atoms with E-state index in [1.807, 2.05) is 6.07 Å². The van der Waals surface area contributed by atoms with E-state index in [0.717, 1.165) is 5.56 Å². The Balaban J connectivity index is 2.04. The maximum Gasteiger partial charge on any atom is 0.251 e. The fourth-order valence-corrected chi connectivity index (χ4v) is 1.91. The Bertz CT molecular complexity index is 666. The van der Waals surface area contributed by atoms with Crippen LogP contribution in [-0.4, -0.2) is 23.9 Å². The van der Waals surface area contributed by atoms with E-state index < -0.39 is 0 Å². The molecule has 0 saturated carbocycles. The molecule has 6 nitrogen and oxygen atoms in total. The Kier molecular flexibility index (Phi) is 2.92. The highest BCUT2D eigenvalue weighted by atomic mass is 16.7. The average molecular weight is 260 g/mol. The molecule has 0 fully saturated rings. The number of H-pyrrole nitrogens is 1. The van der Waals surface area contributed by atoms with Crippen LogP contribution in [-0.2, 0) is 11.3 Å². The van der Waals surface area contributed by atoms with Gasteiger partial charge in [0.05, 0.1) is 12.3 Å². The van der Waals surface area contributed by atoms with Crippen molar-refractivity contribution in [3.05, 3.63) is 40.3 Å². The molecule has 0 bridgehead atoms. The Morgan fingerprint density at radius 2 is 2.16 bits per heavy atom. The normalized spacial score (nSPS) is 12.7. The van der Waals surface area contributed by atoms with Crippen LogP contribution < -0.4 is 15.0 Å². The van der Waals surface area contributed by atoms with Crippen molar-refractivity contribution < 1.29 is 14.2 Å². The van der Waals surface area contributed by atoms with Crippen LogP contribution in [0.15, 0.2) is 29.1 Å². The van der Waals surface area contributed by atoms with Crippen molar-refractivity contribution in [2.45, 2.75) is 6.61 Å². The Morgan fingerprint density at radius 1 is 1.32 bits per heavy atom. The highest BCUT2D eigenvalue weighted by molar-refractivity contribution is 5.61. The second-order valence-corrected chi connectivity index (χ2v) is 4.09. The number of nitrogens with one attached hydrogen (secondary N) is 1. The maximum absolute atomic E-state index is 11.6. The molecular formula is C13H12N2O4. The fraction of sp³-hybridized carbons (Fsp3) is 0.231. The van der Waals surface area contributed by atoms with Crippen molar-refractivity contribution in [1.82, 2.24) is 9.97 Å². The molecule has 1 aliphatic rings. The van der Waals surface area contributed by atoms with Gasteiger partial charge < -0.3 is 19.2 Å². The van der Waals surface area contributed by atoms with Crippen LogP contribution in [0.4, 0.5) is 0 Å². The topological polar surface area (TPSA) is 73.4 Å². The highest BCUT2D eigenvalue weighted by Crippen LogP contribution is 2.34. The average Bonchev–Trinajstić information content (AvgIpc) is 2.85. The summed E-state index contributed by atoms with van der Waals surface area (Å²) >= 11 is 0. The van der Waals surface area contributed by atoms with Gasteiger partial charge in [0.25, 0.3) is 5.56 Å². The lowest BCUT2D eigenvalue weighted by molar-refractivity contribution is 0.174. The van der Waals surface area contributed by atoms with Gasteiger partial charge in [0, 0.05) is 18.7 Å². The number of rotatable bonds is 3. The number of hydrogen-bond acceptors (Lipinski definition) is 5. The van der Waals surface area contributed by atoms with Crippen molar-refractivity contribution in [3.8, 4) is 22.9 Å². The summed E-state index contributed by atoms with van der Waals surface area (Å²) in [5.74, 6) is 1.83. The number of ether oxygens (including phenoxy) is 3. The van der Waals surface area contributed by atoms with E-state index in [-0.39, 0.29) is 12.4 Å². The molecule has 0 atom stereocenters. The molecule has 3 rings (SSSR count). The van der Waals surface area contributed by atoms with Crippen LogP contribution in [0.3, 0.4) is 0 Å². The molecule has 2 heterocycles. The van der Waals surface area contributed by atoms with E-state index in [2.05, 4.69) is 9.97 Å². The van der Waals surface area contributed by atoms with E-state index in [9.17, 15) is 4.79 Å². The summed E-state index contributed by atoms with van der Waals surface area (Å²) in [6.45, 7) is 0.508. The van der Waals surface area contributed by atoms with Gasteiger partial charge in [0.15, 0.2) is 11.5 Å². The first-order valence-electron chi connectivity index (χ1n) is 5.75. The summed E-state index contributed by atoms with van der Waals surface area (Å²) in [4.78, 5) is 18.6.